The molecule has 0 aliphatic heterocycles. The quantitative estimate of drug-likeness (QED) is 0.470. The van der Waals surface area contributed by atoms with E-state index in [4.69, 9.17) is 5.11 Å². The summed E-state index contributed by atoms with van der Waals surface area (Å²) in [6.07, 6.45) is 4.94. The van der Waals surface area contributed by atoms with Gasteiger partial charge in [0.15, 0.2) is 0 Å². The lowest BCUT2D eigenvalue weighted by Crippen LogP contribution is -2.16. The van der Waals surface area contributed by atoms with Gasteiger partial charge in [-0.3, -0.25) is 0 Å². The summed E-state index contributed by atoms with van der Waals surface area (Å²) in [6.45, 7) is 8.05. The Morgan fingerprint density at radius 3 is 2.31 bits per heavy atom. The molecule has 3 heteroatoms. The maximum absolute atomic E-state index is 10.9. The van der Waals surface area contributed by atoms with E-state index in [1.807, 2.05) is 13.8 Å². The van der Waals surface area contributed by atoms with Gasteiger partial charge in [0.2, 0.25) is 0 Å². The van der Waals surface area contributed by atoms with Crippen molar-refractivity contribution in [3.05, 3.63) is 11.1 Å². The van der Waals surface area contributed by atoms with Crippen LogP contribution in [0.1, 0.15) is 52.9 Å². The predicted octanol–water partition coefficient (Wildman–Crippen LogP) is 2.97. The summed E-state index contributed by atoms with van der Waals surface area (Å²) in [5, 5.41) is 12.3. The van der Waals surface area contributed by atoms with Gasteiger partial charge in [-0.05, 0) is 45.7 Å². The van der Waals surface area contributed by atoms with Gasteiger partial charge in [-0.2, -0.15) is 0 Å². The van der Waals surface area contributed by atoms with Crippen LogP contribution in [0.5, 0.6) is 0 Å². The van der Waals surface area contributed by atoms with Crippen molar-refractivity contribution in [3.63, 3.8) is 0 Å². The van der Waals surface area contributed by atoms with Gasteiger partial charge >= 0.3 is 5.97 Å². The maximum Gasteiger partial charge on any atom is 0.331 e. The number of hydrogen-bond donors (Lipinski definition) is 2. The molecule has 94 valence electrons. The number of hydrogen-bond acceptors (Lipinski definition) is 2. The molecule has 0 aliphatic rings. The lowest BCUT2D eigenvalue weighted by atomic mass is 10.0. The molecule has 0 amide bonds. The predicted molar refractivity (Wildman–Crippen MR) is 67.6 cm³/mol. The molecule has 0 aliphatic carbocycles. The van der Waals surface area contributed by atoms with E-state index >= 15 is 0 Å². The number of unbranched alkanes of at least 4 members (excludes halogenated alkanes) is 1. The van der Waals surface area contributed by atoms with Crippen molar-refractivity contribution in [2.24, 2.45) is 0 Å². The topological polar surface area (TPSA) is 49.3 Å². The average Bonchev–Trinajstić information content (AvgIpc) is 2.23. The summed E-state index contributed by atoms with van der Waals surface area (Å²) in [4.78, 5) is 10.9. The molecule has 0 aromatic carbocycles. The Kier molecular flexibility index (Phi) is 8.91. The summed E-state index contributed by atoms with van der Waals surface area (Å²) < 4.78 is 0. The second-order valence-corrected chi connectivity index (χ2v) is 4.12. The van der Waals surface area contributed by atoms with Crippen LogP contribution in [0.3, 0.4) is 0 Å². The van der Waals surface area contributed by atoms with Gasteiger partial charge < -0.3 is 10.4 Å². The number of rotatable bonds is 9. The van der Waals surface area contributed by atoms with Crippen LogP contribution in [0.4, 0.5) is 0 Å². The van der Waals surface area contributed by atoms with Gasteiger partial charge in [0, 0.05) is 5.57 Å². The first-order valence-corrected chi connectivity index (χ1v) is 6.26. The molecule has 0 rings (SSSR count). The number of aliphatic carboxylic acids is 1. The van der Waals surface area contributed by atoms with Crippen LogP contribution in [0.2, 0.25) is 0 Å². The summed E-state index contributed by atoms with van der Waals surface area (Å²) in [5.41, 5.74) is 1.60. The Labute approximate surface area is 98.9 Å². The highest BCUT2D eigenvalue weighted by Gasteiger charge is 2.08. The zero-order valence-electron chi connectivity index (χ0n) is 10.8. The third-order valence-electron chi connectivity index (χ3n) is 2.74. The first-order valence-electron chi connectivity index (χ1n) is 6.26. The van der Waals surface area contributed by atoms with Crippen molar-refractivity contribution >= 4 is 5.97 Å². The van der Waals surface area contributed by atoms with E-state index in [1.54, 1.807) is 0 Å². The number of carboxylic acid groups (broad SMARTS) is 1. The Hall–Kier alpha value is -0.830. The molecular weight excluding hydrogens is 202 g/mol. The lowest BCUT2D eigenvalue weighted by Gasteiger charge is -2.07. The molecule has 0 heterocycles. The van der Waals surface area contributed by atoms with E-state index in [1.165, 1.54) is 12.8 Å². The Morgan fingerprint density at radius 2 is 1.81 bits per heavy atom. The minimum absolute atomic E-state index is 0.577. The number of carboxylic acids is 1. The highest BCUT2D eigenvalue weighted by atomic mass is 16.4. The fourth-order valence-electron chi connectivity index (χ4n) is 1.69. The van der Waals surface area contributed by atoms with E-state index in [-0.39, 0.29) is 0 Å². The fourth-order valence-corrected chi connectivity index (χ4v) is 1.69. The van der Waals surface area contributed by atoms with Crippen LogP contribution >= 0.6 is 0 Å². The number of nitrogens with one attached hydrogen (secondary N) is 1. The largest absolute Gasteiger partial charge is 0.478 e. The smallest absolute Gasteiger partial charge is 0.331 e. The number of carbonyl (C=O) groups is 1. The van der Waals surface area contributed by atoms with Crippen LogP contribution < -0.4 is 5.32 Å². The molecule has 0 spiro atoms. The maximum atomic E-state index is 10.9. The molecule has 0 aromatic heterocycles. The Balaban J connectivity index is 3.78. The first kappa shape index (κ1) is 15.2. The molecule has 0 atom stereocenters. The zero-order chi connectivity index (χ0) is 12.4. The second-order valence-electron chi connectivity index (χ2n) is 4.12. The molecule has 0 fully saturated rings. The van der Waals surface area contributed by atoms with E-state index in [0.29, 0.717) is 12.0 Å². The molecule has 0 saturated heterocycles. The van der Waals surface area contributed by atoms with Crippen LogP contribution in [-0.4, -0.2) is 24.2 Å². The van der Waals surface area contributed by atoms with Crippen molar-refractivity contribution in [3.8, 4) is 0 Å². The summed E-state index contributed by atoms with van der Waals surface area (Å²) >= 11 is 0. The van der Waals surface area contributed by atoms with Crippen LogP contribution in [0.15, 0.2) is 11.1 Å². The van der Waals surface area contributed by atoms with Gasteiger partial charge in [0.05, 0.1) is 0 Å². The van der Waals surface area contributed by atoms with Crippen molar-refractivity contribution in [1.29, 1.82) is 0 Å². The van der Waals surface area contributed by atoms with Crippen molar-refractivity contribution in [2.75, 3.05) is 13.1 Å². The van der Waals surface area contributed by atoms with Gasteiger partial charge in [0.1, 0.15) is 0 Å². The standard InChI is InChI=1S/C13H25NO2/c1-4-6-9-14-10-7-8-11(3)12(5-2)13(15)16/h14H,4-10H2,1-3H3,(H,15,16). The third kappa shape index (κ3) is 6.62. The average molecular weight is 227 g/mol. The molecular formula is C13H25NO2. The summed E-state index contributed by atoms with van der Waals surface area (Å²) in [6, 6.07) is 0. The molecule has 0 aromatic rings. The molecule has 0 bridgehead atoms. The Bertz CT molecular complexity index is 234. The van der Waals surface area contributed by atoms with Gasteiger partial charge in [0.25, 0.3) is 0 Å². The molecule has 16 heavy (non-hydrogen) atoms. The third-order valence-corrected chi connectivity index (χ3v) is 2.74. The molecule has 0 unspecified atom stereocenters. The van der Waals surface area contributed by atoms with Crippen LogP contribution in [0.25, 0.3) is 0 Å². The van der Waals surface area contributed by atoms with Gasteiger partial charge in [-0.25, -0.2) is 4.79 Å². The molecule has 3 nitrogen and oxygen atoms in total. The van der Waals surface area contributed by atoms with E-state index < -0.39 is 5.97 Å². The second kappa shape index (κ2) is 9.40. The number of allylic oxidation sites excluding steroid dienone is 1. The van der Waals surface area contributed by atoms with E-state index in [2.05, 4.69) is 12.2 Å². The minimum Gasteiger partial charge on any atom is -0.478 e. The van der Waals surface area contributed by atoms with E-state index in [0.717, 1.165) is 31.5 Å². The zero-order valence-corrected chi connectivity index (χ0v) is 10.8. The first-order chi connectivity index (χ1) is 7.63. The molecule has 2 N–H and O–H groups in total. The highest BCUT2D eigenvalue weighted by molar-refractivity contribution is 5.87. The fraction of sp³-hybridized carbons (Fsp3) is 0.769. The monoisotopic (exact) mass is 227 g/mol. The normalized spacial score (nSPS) is 12.4. The van der Waals surface area contributed by atoms with Gasteiger partial charge in [-0.15, -0.1) is 0 Å². The van der Waals surface area contributed by atoms with Crippen molar-refractivity contribution in [1.82, 2.24) is 5.32 Å². The SMILES string of the molecule is CCCCNCCCC(C)=C(CC)C(=O)O. The van der Waals surface area contributed by atoms with Crippen molar-refractivity contribution in [2.45, 2.75) is 52.9 Å². The lowest BCUT2D eigenvalue weighted by molar-refractivity contribution is -0.132. The Morgan fingerprint density at radius 1 is 1.19 bits per heavy atom. The molecule has 0 saturated carbocycles. The molecule has 0 radical (unpaired) electrons. The van der Waals surface area contributed by atoms with E-state index in [9.17, 15) is 4.79 Å². The van der Waals surface area contributed by atoms with Crippen LogP contribution in [0, 0.1) is 0 Å². The minimum atomic E-state index is -0.765. The van der Waals surface area contributed by atoms with Gasteiger partial charge in [-0.1, -0.05) is 25.8 Å². The van der Waals surface area contributed by atoms with Crippen LogP contribution in [-0.2, 0) is 4.79 Å². The highest BCUT2D eigenvalue weighted by Crippen LogP contribution is 2.13. The van der Waals surface area contributed by atoms with Crippen molar-refractivity contribution < 1.29 is 9.90 Å². The summed E-state index contributed by atoms with van der Waals surface area (Å²) in [7, 11) is 0. The summed E-state index contributed by atoms with van der Waals surface area (Å²) in [5.74, 6) is -0.765.